The molecule has 0 radical (unpaired) electrons. The van der Waals surface area contributed by atoms with Crippen LogP contribution in [0.3, 0.4) is 0 Å². The maximum Gasteiger partial charge on any atom is 0.223 e. The molecule has 1 fully saturated rings. The molecule has 4 rings (SSSR count). The Morgan fingerprint density at radius 1 is 1.23 bits per heavy atom. The minimum atomic E-state index is 0.111. The average molecular weight is 418 g/mol. The largest absolute Gasteiger partial charge is 0.472 e. The van der Waals surface area contributed by atoms with Gasteiger partial charge in [0.15, 0.2) is 0 Å². The van der Waals surface area contributed by atoms with Gasteiger partial charge in [0.25, 0.3) is 0 Å². The van der Waals surface area contributed by atoms with Crippen molar-refractivity contribution in [1.82, 2.24) is 10.3 Å². The topological polar surface area (TPSA) is 85.1 Å². The first kappa shape index (κ1) is 21.2. The highest BCUT2D eigenvalue weighted by Gasteiger charge is 2.28. The van der Waals surface area contributed by atoms with E-state index < -0.39 is 0 Å². The SMILES string of the molecule is CC(=N)/C=C(\C=N)c1ccc2c(c1)COc1nc(N3CCC(NC(C)(C)C)C3)ccc1-2. The van der Waals surface area contributed by atoms with Crippen molar-refractivity contribution in [2.45, 2.75) is 52.3 Å². The van der Waals surface area contributed by atoms with Crippen molar-refractivity contribution >= 4 is 23.3 Å². The van der Waals surface area contributed by atoms with Crippen LogP contribution in [0.1, 0.15) is 45.2 Å². The van der Waals surface area contributed by atoms with E-state index in [4.69, 9.17) is 20.5 Å². The molecule has 0 spiro atoms. The Labute approximate surface area is 184 Å². The number of ether oxygens (including phenoxy) is 1. The van der Waals surface area contributed by atoms with E-state index in [1.807, 2.05) is 6.07 Å². The number of nitrogens with zero attached hydrogens (tertiary/aromatic N) is 2. The highest BCUT2D eigenvalue weighted by molar-refractivity contribution is 6.15. The quantitative estimate of drug-likeness (QED) is 0.617. The van der Waals surface area contributed by atoms with Gasteiger partial charge in [-0.1, -0.05) is 12.1 Å². The molecule has 2 aliphatic heterocycles. The summed E-state index contributed by atoms with van der Waals surface area (Å²) in [7, 11) is 0. The van der Waals surface area contributed by atoms with Gasteiger partial charge in [-0.2, -0.15) is 4.98 Å². The van der Waals surface area contributed by atoms with Gasteiger partial charge in [-0.15, -0.1) is 0 Å². The van der Waals surface area contributed by atoms with Crippen molar-refractivity contribution in [1.29, 1.82) is 10.8 Å². The van der Waals surface area contributed by atoms with Crippen LogP contribution in [0.2, 0.25) is 0 Å². The van der Waals surface area contributed by atoms with E-state index in [2.05, 4.69) is 55.3 Å². The monoisotopic (exact) mass is 417 g/mol. The van der Waals surface area contributed by atoms with Crippen LogP contribution < -0.4 is 15.0 Å². The van der Waals surface area contributed by atoms with Crippen LogP contribution in [0.4, 0.5) is 5.82 Å². The van der Waals surface area contributed by atoms with Crippen LogP contribution in [-0.2, 0) is 6.61 Å². The maximum atomic E-state index is 7.69. The Hall–Kier alpha value is -2.99. The minimum absolute atomic E-state index is 0.111. The summed E-state index contributed by atoms with van der Waals surface area (Å²) in [5, 5.41) is 19.1. The van der Waals surface area contributed by atoms with Gasteiger partial charge in [0.05, 0.1) is 0 Å². The number of nitrogens with one attached hydrogen (secondary N) is 3. The summed E-state index contributed by atoms with van der Waals surface area (Å²) in [6.45, 7) is 10.7. The van der Waals surface area contributed by atoms with Gasteiger partial charge >= 0.3 is 0 Å². The number of aromatic nitrogens is 1. The Bertz CT molecular complexity index is 1050. The second-order valence-corrected chi connectivity index (χ2v) is 9.44. The first-order chi connectivity index (χ1) is 14.7. The van der Waals surface area contributed by atoms with Crippen LogP contribution >= 0.6 is 0 Å². The van der Waals surface area contributed by atoms with Crippen LogP contribution in [-0.4, -0.2) is 41.6 Å². The molecule has 1 saturated heterocycles. The Kier molecular flexibility index (Phi) is 5.67. The van der Waals surface area contributed by atoms with Crippen molar-refractivity contribution in [2.24, 2.45) is 0 Å². The third-order valence-corrected chi connectivity index (χ3v) is 5.62. The molecule has 31 heavy (non-hydrogen) atoms. The Morgan fingerprint density at radius 3 is 2.71 bits per heavy atom. The molecule has 1 atom stereocenters. The van der Waals surface area contributed by atoms with E-state index in [9.17, 15) is 0 Å². The number of benzene rings is 1. The van der Waals surface area contributed by atoms with Crippen molar-refractivity contribution in [3.8, 4) is 17.0 Å². The number of fused-ring (bicyclic) bond motifs is 3. The van der Waals surface area contributed by atoms with Gasteiger partial charge in [-0.25, -0.2) is 0 Å². The summed E-state index contributed by atoms with van der Waals surface area (Å²) >= 11 is 0. The minimum Gasteiger partial charge on any atom is -0.472 e. The average Bonchev–Trinajstić information content (AvgIpc) is 3.17. The number of allylic oxidation sites excluding steroid dienone is 2. The molecule has 6 heteroatoms. The van der Waals surface area contributed by atoms with Crippen LogP contribution in [0.25, 0.3) is 16.7 Å². The number of hydrogen-bond donors (Lipinski definition) is 3. The number of hydrogen-bond acceptors (Lipinski definition) is 6. The van der Waals surface area contributed by atoms with Crippen molar-refractivity contribution in [2.75, 3.05) is 18.0 Å². The van der Waals surface area contributed by atoms with Crippen LogP contribution in [0, 0.1) is 10.8 Å². The smallest absolute Gasteiger partial charge is 0.223 e. The van der Waals surface area contributed by atoms with Gasteiger partial charge in [0, 0.05) is 47.7 Å². The van der Waals surface area contributed by atoms with E-state index >= 15 is 0 Å². The highest BCUT2D eigenvalue weighted by Crippen LogP contribution is 2.38. The first-order valence-electron chi connectivity index (χ1n) is 10.8. The predicted molar refractivity (Wildman–Crippen MR) is 128 cm³/mol. The summed E-state index contributed by atoms with van der Waals surface area (Å²) in [6.07, 6.45) is 4.11. The zero-order valence-electron chi connectivity index (χ0n) is 18.7. The van der Waals surface area contributed by atoms with E-state index in [1.54, 1.807) is 13.0 Å². The van der Waals surface area contributed by atoms with E-state index in [0.29, 0.717) is 24.2 Å². The fourth-order valence-electron chi connectivity index (χ4n) is 4.36. The van der Waals surface area contributed by atoms with Gasteiger partial charge in [-0.05, 0) is 75.1 Å². The number of pyridine rings is 1. The molecular weight excluding hydrogens is 386 g/mol. The lowest BCUT2D eigenvalue weighted by Crippen LogP contribution is -2.44. The molecule has 162 valence electrons. The summed E-state index contributed by atoms with van der Waals surface area (Å²) in [5.41, 5.74) is 5.38. The second kappa shape index (κ2) is 8.27. The normalized spacial score (nSPS) is 18.3. The molecule has 1 aromatic heterocycles. The lowest BCUT2D eigenvalue weighted by atomic mass is 9.94. The Balaban J connectivity index is 1.57. The summed E-state index contributed by atoms with van der Waals surface area (Å²) in [4.78, 5) is 7.16. The number of anilines is 1. The van der Waals surface area contributed by atoms with Gasteiger partial charge in [-0.3, -0.25) is 0 Å². The molecule has 0 saturated carbocycles. The van der Waals surface area contributed by atoms with Crippen molar-refractivity contribution < 1.29 is 4.74 Å². The van der Waals surface area contributed by atoms with Gasteiger partial charge < -0.3 is 25.8 Å². The van der Waals surface area contributed by atoms with E-state index in [0.717, 1.165) is 53.2 Å². The van der Waals surface area contributed by atoms with Gasteiger partial charge in [0.1, 0.15) is 12.4 Å². The third kappa shape index (κ3) is 4.69. The fourth-order valence-corrected chi connectivity index (χ4v) is 4.36. The van der Waals surface area contributed by atoms with Crippen LogP contribution in [0.5, 0.6) is 5.88 Å². The summed E-state index contributed by atoms with van der Waals surface area (Å²) < 4.78 is 6.03. The molecule has 3 N–H and O–H groups in total. The van der Waals surface area contributed by atoms with Crippen LogP contribution in [0.15, 0.2) is 36.4 Å². The second-order valence-electron chi connectivity index (χ2n) is 9.44. The molecule has 6 nitrogen and oxygen atoms in total. The van der Waals surface area contributed by atoms with Gasteiger partial charge in [0.2, 0.25) is 5.88 Å². The molecule has 0 aliphatic carbocycles. The van der Waals surface area contributed by atoms with Crippen molar-refractivity contribution in [3.05, 3.63) is 47.5 Å². The van der Waals surface area contributed by atoms with Crippen molar-refractivity contribution in [3.63, 3.8) is 0 Å². The standard InChI is InChI=1S/C25H31N5O/c1-16(27)11-18(13-26)17-5-6-21-19(12-17)15-31-24-22(21)7-8-23(28-24)30-10-9-20(14-30)29-25(2,3)4/h5-8,11-13,20,26-27,29H,9-10,14-15H2,1-4H3/b18-11+,26-13?,27-16?. The third-order valence-electron chi connectivity index (χ3n) is 5.62. The molecule has 0 bridgehead atoms. The molecule has 2 aliphatic rings. The van der Waals surface area contributed by atoms with E-state index in [1.165, 1.54) is 6.21 Å². The molecular formula is C25H31N5O. The lowest BCUT2D eigenvalue weighted by Gasteiger charge is -2.26. The zero-order chi connectivity index (χ0) is 22.2. The zero-order valence-corrected chi connectivity index (χ0v) is 18.7. The summed E-state index contributed by atoms with van der Waals surface area (Å²) in [5.74, 6) is 1.65. The molecule has 3 heterocycles. The lowest BCUT2D eigenvalue weighted by molar-refractivity contribution is 0.290. The summed E-state index contributed by atoms with van der Waals surface area (Å²) in [6, 6.07) is 10.8. The molecule has 1 aromatic carbocycles. The first-order valence-corrected chi connectivity index (χ1v) is 10.8. The van der Waals surface area contributed by atoms with E-state index in [-0.39, 0.29) is 5.54 Å². The predicted octanol–water partition coefficient (Wildman–Crippen LogP) is 4.68. The fraction of sp³-hybridized carbons (Fsp3) is 0.400. The Morgan fingerprint density at radius 2 is 2.00 bits per heavy atom. The highest BCUT2D eigenvalue weighted by atomic mass is 16.5. The maximum absolute atomic E-state index is 7.69. The number of rotatable bonds is 5. The molecule has 0 amide bonds. The molecule has 1 unspecified atom stereocenters. The molecule has 2 aromatic rings.